The Morgan fingerprint density at radius 2 is 1.90 bits per heavy atom. The van der Waals surface area contributed by atoms with Crippen molar-refractivity contribution in [1.82, 2.24) is 20.0 Å². The molecule has 5 nitrogen and oxygen atoms in total. The van der Waals surface area contributed by atoms with Crippen molar-refractivity contribution in [2.45, 2.75) is 32.2 Å². The number of carbonyl (C=O) groups is 1. The molecule has 1 aliphatic rings. The number of aromatic nitrogens is 2. The normalized spacial score (nSPS) is 14.4. The number of nitrogens with one attached hydrogen (secondary N) is 1. The maximum Gasteiger partial charge on any atom is 0.317 e. The Balaban J connectivity index is 1.33. The molecule has 1 aromatic heterocycles. The maximum absolute atomic E-state index is 12.9. The van der Waals surface area contributed by atoms with E-state index in [9.17, 15) is 4.79 Å². The average molecular weight is 389 g/mol. The minimum absolute atomic E-state index is 0.0291. The summed E-state index contributed by atoms with van der Waals surface area (Å²) in [5.41, 5.74) is 3.42. The number of hydrogen-bond donors (Lipinski definition) is 1. The van der Waals surface area contributed by atoms with E-state index in [0.717, 1.165) is 18.7 Å². The van der Waals surface area contributed by atoms with Crippen molar-refractivity contribution < 1.29 is 4.79 Å². The van der Waals surface area contributed by atoms with Crippen LogP contribution in [0.15, 0.2) is 73.1 Å². The number of rotatable bonds is 8. The molecule has 1 N–H and O–H groups in total. The Bertz CT molecular complexity index is 902. The first-order chi connectivity index (χ1) is 14.2. The van der Waals surface area contributed by atoms with Crippen LogP contribution >= 0.6 is 0 Å². The predicted molar refractivity (Wildman–Crippen MR) is 115 cm³/mol. The highest BCUT2D eigenvalue weighted by Crippen LogP contribution is 2.32. The summed E-state index contributed by atoms with van der Waals surface area (Å²) in [6.07, 6.45) is 6.97. The lowest BCUT2D eigenvalue weighted by Gasteiger charge is -2.30. The molecule has 1 fully saturated rings. The van der Waals surface area contributed by atoms with Gasteiger partial charge in [0.25, 0.3) is 0 Å². The first-order valence-electron chi connectivity index (χ1n) is 10.4. The van der Waals surface area contributed by atoms with Gasteiger partial charge in [0.05, 0.1) is 11.7 Å². The van der Waals surface area contributed by atoms with E-state index in [2.05, 4.69) is 53.7 Å². The maximum atomic E-state index is 12.9. The van der Waals surface area contributed by atoms with Crippen LogP contribution in [0.1, 0.15) is 36.9 Å². The summed E-state index contributed by atoms with van der Waals surface area (Å²) in [5.74, 6) is 0.654. The standard InChI is InChI=1S/C24H28N4O/c1-19(22-6-3-2-4-7-22)27(18-21-8-9-21)24(29)25-16-14-20-10-12-23(13-11-20)28-17-5-15-26-28/h2-7,10-13,15,17,19,21H,8-9,14,16,18H2,1H3,(H,25,29). The molecule has 2 amide bonds. The highest BCUT2D eigenvalue weighted by molar-refractivity contribution is 5.74. The van der Waals surface area contributed by atoms with Gasteiger partial charge in [-0.05, 0) is 61.4 Å². The van der Waals surface area contributed by atoms with Crippen molar-refractivity contribution in [2.24, 2.45) is 5.92 Å². The molecule has 1 aliphatic carbocycles. The Morgan fingerprint density at radius 1 is 1.14 bits per heavy atom. The number of amides is 2. The number of benzene rings is 2. The van der Waals surface area contributed by atoms with Crippen molar-refractivity contribution in [3.63, 3.8) is 0 Å². The average Bonchev–Trinajstić information content (AvgIpc) is 3.42. The highest BCUT2D eigenvalue weighted by Gasteiger charge is 2.29. The number of hydrogen-bond acceptors (Lipinski definition) is 2. The molecule has 0 bridgehead atoms. The van der Waals surface area contributed by atoms with Crippen LogP contribution in [-0.4, -0.2) is 33.8 Å². The van der Waals surface area contributed by atoms with Gasteiger partial charge in [0.2, 0.25) is 0 Å². The Kier molecular flexibility index (Phi) is 5.94. The topological polar surface area (TPSA) is 50.2 Å². The van der Waals surface area contributed by atoms with E-state index < -0.39 is 0 Å². The van der Waals surface area contributed by atoms with E-state index >= 15 is 0 Å². The summed E-state index contributed by atoms with van der Waals surface area (Å²) < 4.78 is 1.84. The lowest BCUT2D eigenvalue weighted by Crippen LogP contribution is -2.43. The number of urea groups is 1. The summed E-state index contributed by atoms with van der Waals surface area (Å²) in [6.45, 7) is 3.58. The van der Waals surface area contributed by atoms with Crippen molar-refractivity contribution >= 4 is 6.03 Å². The molecule has 1 heterocycles. The summed E-state index contributed by atoms with van der Waals surface area (Å²) in [5, 5.41) is 7.37. The molecule has 4 rings (SSSR count). The first kappa shape index (κ1) is 19.2. The van der Waals surface area contributed by atoms with Crippen LogP contribution in [-0.2, 0) is 6.42 Å². The molecule has 0 aliphatic heterocycles. The molecular formula is C24H28N4O. The molecule has 0 spiro atoms. The molecule has 5 heteroatoms. The molecule has 1 unspecified atom stereocenters. The second-order valence-corrected chi connectivity index (χ2v) is 7.78. The van der Waals surface area contributed by atoms with E-state index in [4.69, 9.17) is 0 Å². The molecule has 1 atom stereocenters. The van der Waals surface area contributed by atoms with Crippen LogP contribution in [0.25, 0.3) is 5.69 Å². The Morgan fingerprint density at radius 3 is 2.55 bits per heavy atom. The smallest absolute Gasteiger partial charge is 0.317 e. The van der Waals surface area contributed by atoms with Crippen molar-refractivity contribution in [2.75, 3.05) is 13.1 Å². The van der Waals surface area contributed by atoms with E-state index in [1.165, 1.54) is 24.0 Å². The van der Waals surface area contributed by atoms with Crippen LogP contribution in [0, 0.1) is 5.92 Å². The van der Waals surface area contributed by atoms with Crippen molar-refractivity contribution in [3.05, 3.63) is 84.2 Å². The molecule has 1 saturated carbocycles. The van der Waals surface area contributed by atoms with Crippen molar-refractivity contribution in [3.8, 4) is 5.69 Å². The van der Waals surface area contributed by atoms with Gasteiger partial charge in [-0.25, -0.2) is 9.48 Å². The third-order valence-corrected chi connectivity index (χ3v) is 5.56. The second kappa shape index (κ2) is 8.95. The summed E-state index contributed by atoms with van der Waals surface area (Å²) in [6, 6.07) is 20.6. The quantitative estimate of drug-likeness (QED) is 0.613. The van der Waals surface area contributed by atoms with E-state index in [-0.39, 0.29) is 12.1 Å². The molecule has 0 radical (unpaired) electrons. The van der Waals surface area contributed by atoms with E-state index in [1.807, 2.05) is 40.0 Å². The minimum atomic E-state index is 0.0291. The fraction of sp³-hybridized carbons (Fsp3) is 0.333. The van der Waals surface area contributed by atoms with Crippen LogP contribution in [0.4, 0.5) is 4.79 Å². The van der Waals surface area contributed by atoms with Gasteiger partial charge >= 0.3 is 6.03 Å². The highest BCUT2D eigenvalue weighted by atomic mass is 16.2. The van der Waals surface area contributed by atoms with Crippen molar-refractivity contribution in [1.29, 1.82) is 0 Å². The van der Waals surface area contributed by atoms with Gasteiger partial charge in [0, 0.05) is 25.5 Å². The van der Waals surface area contributed by atoms with E-state index in [0.29, 0.717) is 12.5 Å². The van der Waals surface area contributed by atoms with Gasteiger partial charge in [0.1, 0.15) is 0 Å². The molecule has 150 valence electrons. The summed E-state index contributed by atoms with van der Waals surface area (Å²) >= 11 is 0. The fourth-order valence-electron chi connectivity index (χ4n) is 3.56. The molecule has 2 aromatic carbocycles. The van der Waals surface area contributed by atoms with Gasteiger partial charge in [0.15, 0.2) is 0 Å². The molecule has 3 aromatic rings. The second-order valence-electron chi connectivity index (χ2n) is 7.78. The lowest BCUT2D eigenvalue weighted by atomic mass is 10.1. The van der Waals surface area contributed by atoms with Crippen LogP contribution in [0.5, 0.6) is 0 Å². The summed E-state index contributed by atoms with van der Waals surface area (Å²) in [4.78, 5) is 14.9. The van der Waals surface area contributed by atoms with Crippen LogP contribution in [0.3, 0.4) is 0 Å². The molecule has 29 heavy (non-hydrogen) atoms. The minimum Gasteiger partial charge on any atom is -0.338 e. The largest absolute Gasteiger partial charge is 0.338 e. The van der Waals surface area contributed by atoms with Gasteiger partial charge in [-0.15, -0.1) is 0 Å². The fourth-order valence-corrected chi connectivity index (χ4v) is 3.56. The monoisotopic (exact) mass is 388 g/mol. The number of carbonyl (C=O) groups excluding carboxylic acids is 1. The zero-order valence-electron chi connectivity index (χ0n) is 16.9. The first-order valence-corrected chi connectivity index (χ1v) is 10.4. The number of nitrogens with zero attached hydrogens (tertiary/aromatic N) is 3. The van der Waals surface area contributed by atoms with Gasteiger partial charge in [-0.1, -0.05) is 42.5 Å². The van der Waals surface area contributed by atoms with Gasteiger partial charge < -0.3 is 10.2 Å². The molecule has 0 saturated heterocycles. The third-order valence-electron chi connectivity index (χ3n) is 5.56. The lowest BCUT2D eigenvalue weighted by molar-refractivity contribution is 0.176. The zero-order chi connectivity index (χ0) is 20.1. The van der Waals surface area contributed by atoms with E-state index in [1.54, 1.807) is 6.20 Å². The summed E-state index contributed by atoms with van der Waals surface area (Å²) in [7, 11) is 0. The third kappa shape index (κ3) is 5.05. The van der Waals surface area contributed by atoms with Gasteiger partial charge in [-0.3, -0.25) is 0 Å². The van der Waals surface area contributed by atoms with Crippen LogP contribution in [0.2, 0.25) is 0 Å². The van der Waals surface area contributed by atoms with Crippen LogP contribution < -0.4 is 5.32 Å². The van der Waals surface area contributed by atoms with Gasteiger partial charge in [-0.2, -0.15) is 5.10 Å². The molecular weight excluding hydrogens is 360 g/mol. The predicted octanol–water partition coefficient (Wildman–Crippen LogP) is 4.60. The SMILES string of the molecule is CC(c1ccccc1)N(CC1CC1)C(=O)NCCc1ccc(-n2cccn2)cc1. The Labute approximate surface area is 172 Å². The zero-order valence-corrected chi connectivity index (χ0v) is 16.9. The Hall–Kier alpha value is -3.08.